The molecule has 1 unspecified atom stereocenters. The molecule has 1 heterocycles. The summed E-state index contributed by atoms with van der Waals surface area (Å²) in [6.07, 6.45) is 10.9. The maximum absolute atomic E-state index is 4.57. The topological polar surface area (TPSA) is 32.3 Å². The number of hydrogen-bond acceptors (Lipinski definition) is 4. The Hall–Kier alpha value is -1.94. The fourth-order valence-corrected chi connectivity index (χ4v) is 4.03. The van der Waals surface area contributed by atoms with Crippen LogP contribution in [0.1, 0.15) is 43.7 Å². The Morgan fingerprint density at radius 1 is 1.00 bits per heavy atom. The third-order valence-corrected chi connectivity index (χ3v) is 5.60. The number of nitrogens with zero attached hydrogens (tertiary/aromatic N) is 4. The molecule has 1 aliphatic carbocycles. The molecule has 1 aliphatic rings. The molecule has 0 fully saturated rings. The van der Waals surface area contributed by atoms with E-state index in [-0.39, 0.29) is 0 Å². The number of aromatic nitrogens is 2. The maximum atomic E-state index is 4.57. The van der Waals surface area contributed by atoms with Gasteiger partial charge in [0.05, 0.1) is 0 Å². The van der Waals surface area contributed by atoms with Crippen molar-refractivity contribution in [1.29, 1.82) is 0 Å². The number of anilines is 1. The van der Waals surface area contributed by atoms with E-state index in [2.05, 4.69) is 65.1 Å². The molecule has 140 valence electrons. The maximum Gasteiger partial charge on any atom is 0.225 e. The van der Waals surface area contributed by atoms with Gasteiger partial charge in [0.1, 0.15) is 0 Å². The number of rotatable bonds is 9. The Balaban J connectivity index is 1.73. The van der Waals surface area contributed by atoms with Crippen LogP contribution < -0.4 is 4.90 Å². The fourth-order valence-electron chi connectivity index (χ4n) is 4.03. The molecular weight excluding hydrogens is 320 g/mol. The zero-order chi connectivity index (χ0) is 18.4. The second-order valence-corrected chi connectivity index (χ2v) is 7.62. The minimum absolute atomic E-state index is 0.462. The minimum Gasteiger partial charge on any atom is -0.337 e. The van der Waals surface area contributed by atoms with E-state index in [0.717, 1.165) is 31.8 Å². The molecule has 4 heteroatoms. The summed E-state index contributed by atoms with van der Waals surface area (Å²) in [7, 11) is 4.41. The van der Waals surface area contributed by atoms with Gasteiger partial charge in [0.2, 0.25) is 5.95 Å². The summed E-state index contributed by atoms with van der Waals surface area (Å²) in [4.78, 5) is 14.0. The lowest BCUT2D eigenvalue weighted by atomic mass is 10.0. The second kappa shape index (κ2) is 9.13. The van der Waals surface area contributed by atoms with Gasteiger partial charge in [-0.1, -0.05) is 44.0 Å². The van der Waals surface area contributed by atoms with Crippen LogP contribution in [0.5, 0.6) is 0 Å². The molecule has 0 saturated heterocycles. The van der Waals surface area contributed by atoms with Gasteiger partial charge in [-0.3, -0.25) is 0 Å². The predicted molar refractivity (Wildman–Crippen MR) is 109 cm³/mol. The van der Waals surface area contributed by atoms with Crippen LogP contribution in [0, 0.1) is 0 Å². The lowest BCUT2D eigenvalue weighted by Crippen LogP contribution is -2.41. The van der Waals surface area contributed by atoms with Crippen LogP contribution in [-0.4, -0.2) is 47.6 Å². The van der Waals surface area contributed by atoms with Crippen molar-refractivity contribution in [2.75, 3.05) is 25.5 Å². The quantitative estimate of drug-likeness (QED) is 0.684. The van der Waals surface area contributed by atoms with Crippen LogP contribution in [0.4, 0.5) is 5.95 Å². The third-order valence-electron chi connectivity index (χ3n) is 5.60. The third kappa shape index (κ3) is 4.61. The van der Waals surface area contributed by atoms with E-state index in [1.165, 1.54) is 30.4 Å². The van der Waals surface area contributed by atoms with E-state index in [9.17, 15) is 0 Å². The van der Waals surface area contributed by atoms with Crippen molar-refractivity contribution in [1.82, 2.24) is 14.9 Å². The van der Waals surface area contributed by atoms with Crippen molar-refractivity contribution in [3.8, 4) is 0 Å². The number of benzene rings is 1. The van der Waals surface area contributed by atoms with Crippen LogP contribution in [0.3, 0.4) is 0 Å². The molecule has 0 radical (unpaired) electrons. The highest BCUT2D eigenvalue weighted by atomic mass is 15.3. The number of fused-ring (bicyclic) bond motifs is 1. The molecular formula is C22H32N4. The largest absolute Gasteiger partial charge is 0.337 e. The lowest BCUT2D eigenvalue weighted by Gasteiger charge is -2.32. The summed E-state index contributed by atoms with van der Waals surface area (Å²) in [6, 6.07) is 11.8. The average molecular weight is 353 g/mol. The van der Waals surface area contributed by atoms with Crippen molar-refractivity contribution >= 4 is 5.95 Å². The Bertz CT molecular complexity index is 646. The summed E-state index contributed by atoms with van der Waals surface area (Å²) < 4.78 is 0. The molecule has 0 saturated carbocycles. The highest BCUT2D eigenvalue weighted by molar-refractivity contribution is 5.40. The second-order valence-electron chi connectivity index (χ2n) is 7.62. The van der Waals surface area contributed by atoms with Gasteiger partial charge in [0.15, 0.2) is 0 Å². The molecule has 0 aliphatic heterocycles. The number of unbranched alkanes of at least 4 members (excludes halogenated alkanes) is 1. The highest BCUT2D eigenvalue weighted by Gasteiger charge is 2.28. The van der Waals surface area contributed by atoms with Crippen LogP contribution in [-0.2, 0) is 12.8 Å². The van der Waals surface area contributed by atoms with E-state index in [4.69, 9.17) is 0 Å². The van der Waals surface area contributed by atoms with Crippen LogP contribution in [0.25, 0.3) is 0 Å². The Morgan fingerprint density at radius 2 is 1.65 bits per heavy atom. The van der Waals surface area contributed by atoms with Crippen LogP contribution >= 0.6 is 0 Å². The SMILES string of the molecule is CCCCC(CCN(c1ncccn1)C1Cc2ccccc2C1)N(C)C. The molecule has 0 N–H and O–H groups in total. The van der Waals surface area contributed by atoms with Crippen molar-refractivity contribution in [3.63, 3.8) is 0 Å². The monoisotopic (exact) mass is 352 g/mol. The average Bonchev–Trinajstić information content (AvgIpc) is 3.08. The smallest absolute Gasteiger partial charge is 0.225 e. The van der Waals surface area contributed by atoms with Crippen molar-refractivity contribution in [2.24, 2.45) is 0 Å². The van der Waals surface area contributed by atoms with E-state index in [1.807, 2.05) is 18.5 Å². The molecule has 0 amide bonds. The molecule has 4 nitrogen and oxygen atoms in total. The van der Waals surface area contributed by atoms with E-state index in [0.29, 0.717) is 12.1 Å². The van der Waals surface area contributed by atoms with Gasteiger partial charge in [0, 0.05) is 31.0 Å². The van der Waals surface area contributed by atoms with E-state index >= 15 is 0 Å². The zero-order valence-electron chi connectivity index (χ0n) is 16.4. The first kappa shape index (κ1) is 18.8. The summed E-state index contributed by atoms with van der Waals surface area (Å²) in [5, 5.41) is 0. The van der Waals surface area contributed by atoms with Gasteiger partial charge in [-0.2, -0.15) is 0 Å². The van der Waals surface area contributed by atoms with Gasteiger partial charge >= 0.3 is 0 Å². The predicted octanol–water partition coefficient (Wildman–Crippen LogP) is 3.96. The van der Waals surface area contributed by atoms with Gasteiger partial charge in [-0.05, 0) is 57.0 Å². The van der Waals surface area contributed by atoms with Crippen LogP contribution in [0.2, 0.25) is 0 Å². The molecule has 0 bridgehead atoms. The molecule has 1 aromatic carbocycles. The molecule has 3 rings (SSSR count). The van der Waals surface area contributed by atoms with Gasteiger partial charge in [0.25, 0.3) is 0 Å². The first-order valence-electron chi connectivity index (χ1n) is 9.96. The standard InChI is InChI=1S/C22H32N4/c1-4-5-11-20(25(2)3)12-15-26(22-23-13-8-14-24-22)21-16-18-9-6-7-10-19(18)17-21/h6-10,13-14,20-21H,4-5,11-12,15-17H2,1-3H3. The lowest BCUT2D eigenvalue weighted by molar-refractivity contribution is 0.259. The van der Waals surface area contributed by atoms with Crippen molar-refractivity contribution < 1.29 is 0 Å². The van der Waals surface area contributed by atoms with Crippen molar-refractivity contribution in [2.45, 2.75) is 57.5 Å². The first-order chi connectivity index (χ1) is 12.7. The zero-order valence-corrected chi connectivity index (χ0v) is 16.4. The molecule has 1 atom stereocenters. The normalized spacial score (nSPS) is 15.2. The number of hydrogen-bond donors (Lipinski definition) is 0. The summed E-state index contributed by atoms with van der Waals surface area (Å²) >= 11 is 0. The summed E-state index contributed by atoms with van der Waals surface area (Å²) in [5.74, 6) is 0.873. The molecule has 0 spiro atoms. The fraction of sp³-hybridized carbons (Fsp3) is 0.545. The minimum atomic E-state index is 0.462. The Morgan fingerprint density at radius 3 is 2.23 bits per heavy atom. The Kier molecular flexibility index (Phi) is 6.62. The van der Waals surface area contributed by atoms with E-state index in [1.54, 1.807) is 0 Å². The van der Waals surface area contributed by atoms with Gasteiger partial charge in [-0.15, -0.1) is 0 Å². The van der Waals surface area contributed by atoms with Crippen LogP contribution in [0.15, 0.2) is 42.7 Å². The highest BCUT2D eigenvalue weighted by Crippen LogP contribution is 2.28. The van der Waals surface area contributed by atoms with Gasteiger partial charge in [-0.25, -0.2) is 9.97 Å². The Labute approximate surface area is 158 Å². The van der Waals surface area contributed by atoms with E-state index < -0.39 is 0 Å². The van der Waals surface area contributed by atoms with Crippen molar-refractivity contribution in [3.05, 3.63) is 53.9 Å². The molecule has 1 aromatic heterocycles. The first-order valence-corrected chi connectivity index (χ1v) is 9.96. The summed E-state index contributed by atoms with van der Waals surface area (Å²) in [6.45, 7) is 3.28. The summed E-state index contributed by atoms with van der Waals surface area (Å²) in [5.41, 5.74) is 2.96. The molecule has 26 heavy (non-hydrogen) atoms. The molecule has 2 aromatic rings. The van der Waals surface area contributed by atoms with Gasteiger partial charge < -0.3 is 9.80 Å².